The summed E-state index contributed by atoms with van der Waals surface area (Å²) in [6.07, 6.45) is 0.419. The van der Waals surface area contributed by atoms with Gasteiger partial charge in [-0.15, -0.1) is 18.3 Å². The molecule has 4 aromatic rings. The summed E-state index contributed by atoms with van der Waals surface area (Å²) in [5.74, 6) is 0.172. The molecule has 0 atom stereocenters. The monoisotopic (exact) mass is 552 g/mol. The van der Waals surface area contributed by atoms with E-state index < -0.39 is 6.36 Å². The Balaban J connectivity index is 1.13. The number of aromatic nitrogens is 5. The Morgan fingerprint density at radius 3 is 2.68 bits per heavy atom. The minimum atomic E-state index is -4.76. The lowest BCUT2D eigenvalue weighted by molar-refractivity contribution is -0.274. The summed E-state index contributed by atoms with van der Waals surface area (Å²) in [5.41, 5.74) is 2.73. The number of H-pyrrole nitrogens is 1. The zero-order chi connectivity index (χ0) is 26.8. The number of hydrogen-bond acceptors (Lipinski definition) is 10. The van der Waals surface area contributed by atoms with E-state index in [-0.39, 0.29) is 18.8 Å². The van der Waals surface area contributed by atoms with Crippen LogP contribution in [0.15, 0.2) is 36.7 Å². The summed E-state index contributed by atoms with van der Waals surface area (Å²) >= 11 is 1.24. The van der Waals surface area contributed by atoms with Crippen LogP contribution in [0.4, 0.5) is 13.2 Å². The van der Waals surface area contributed by atoms with Gasteiger partial charge in [0.05, 0.1) is 40.5 Å². The molecule has 0 saturated carbocycles. The normalized spacial score (nSPS) is 11.8. The zero-order valence-corrected chi connectivity index (χ0v) is 21.1. The molecule has 38 heavy (non-hydrogen) atoms. The number of aromatic amines is 1. The number of unbranched alkanes of at least 4 members (excludes halogenated alkanes) is 1. The van der Waals surface area contributed by atoms with Gasteiger partial charge in [-0.05, 0) is 66.7 Å². The van der Waals surface area contributed by atoms with Gasteiger partial charge in [0, 0.05) is 19.8 Å². The molecule has 0 aliphatic heterocycles. The average molecular weight is 553 g/mol. The number of rotatable bonds is 15. The fourth-order valence-electron chi connectivity index (χ4n) is 3.71. The molecule has 4 rings (SSSR count). The number of nitrogens with one attached hydrogen (secondary N) is 2. The molecule has 3 heterocycles. The second-order valence-electron chi connectivity index (χ2n) is 8.28. The summed E-state index contributed by atoms with van der Waals surface area (Å²) < 4.78 is 57.1. The zero-order valence-electron chi connectivity index (χ0n) is 20.3. The summed E-state index contributed by atoms with van der Waals surface area (Å²) in [5, 5.41) is 23.9. The van der Waals surface area contributed by atoms with Gasteiger partial charge in [0.1, 0.15) is 12.4 Å². The Morgan fingerprint density at radius 1 is 1.03 bits per heavy atom. The van der Waals surface area contributed by atoms with Crippen molar-refractivity contribution in [3.05, 3.63) is 47.8 Å². The van der Waals surface area contributed by atoms with Crippen LogP contribution in [0.3, 0.4) is 0 Å². The van der Waals surface area contributed by atoms with Gasteiger partial charge in [0.15, 0.2) is 0 Å². The van der Waals surface area contributed by atoms with Crippen molar-refractivity contribution in [3.8, 4) is 22.2 Å². The van der Waals surface area contributed by atoms with Gasteiger partial charge in [-0.3, -0.25) is 5.10 Å². The largest absolute Gasteiger partial charge is 0.573 e. The number of alkyl halides is 3. The third-order valence-corrected chi connectivity index (χ3v) is 6.05. The molecule has 0 spiro atoms. The smallest absolute Gasteiger partial charge is 0.475 e. The molecule has 10 nitrogen and oxygen atoms in total. The van der Waals surface area contributed by atoms with E-state index in [9.17, 15) is 13.2 Å². The Bertz CT molecular complexity index is 1290. The number of fused-ring (bicyclic) bond motifs is 1. The maximum Gasteiger partial charge on any atom is 0.573 e. The fraction of sp³-hybridized carbons (Fsp3) is 0.417. The Kier molecular flexibility index (Phi) is 9.81. The first-order chi connectivity index (χ1) is 18.4. The quantitative estimate of drug-likeness (QED) is 0.188. The van der Waals surface area contributed by atoms with Crippen LogP contribution < -0.4 is 14.8 Å². The van der Waals surface area contributed by atoms with Gasteiger partial charge < -0.3 is 24.6 Å². The Morgan fingerprint density at radius 2 is 1.89 bits per heavy atom. The molecular formula is C24H27F3N6O4S. The number of ether oxygens (including phenoxy) is 3. The average Bonchev–Trinajstić information content (AvgIpc) is 3.56. The first-order valence-electron chi connectivity index (χ1n) is 11.9. The van der Waals surface area contributed by atoms with Crippen LogP contribution in [0.5, 0.6) is 11.6 Å². The van der Waals surface area contributed by atoms with Crippen molar-refractivity contribution < 1.29 is 32.5 Å². The van der Waals surface area contributed by atoms with E-state index in [0.29, 0.717) is 55.6 Å². The molecule has 1 aromatic carbocycles. The van der Waals surface area contributed by atoms with Gasteiger partial charge in [0.2, 0.25) is 5.88 Å². The predicted molar refractivity (Wildman–Crippen MR) is 134 cm³/mol. The molecule has 0 aliphatic rings. The lowest BCUT2D eigenvalue weighted by Crippen LogP contribution is -2.18. The van der Waals surface area contributed by atoms with Crippen molar-refractivity contribution in [2.45, 2.75) is 32.2 Å². The van der Waals surface area contributed by atoms with Crippen molar-refractivity contribution in [1.29, 1.82) is 0 Å². The highest BCUT2D eigenvalue weighted by atomic mass is 32.1. The van der Waals surface area contributed by atoms with Crippen molar-refractivity contribution in [3.63, 3.8) is 0 Å². The van der Waals surface area contributed by atoms with E-state index >= 15 is 0 Å². The molecule has 0 amide bonds. The first-order valence-corrected chi connectivity index (χ1v) is 12.7. The third-order valence-electron chi connectivity index (χ3n) is 5.36. The number of hydrogen-bond donors (Lipinski definition) is 3. The van der Waals surface area contributed by atoms with Crippen molar-refractivity contribution in [1.82, 2.24) is 30.1 Å². The fourth-order valence-corrected chi connectivity index (χ4v) is 4.19. The van der Waals surface area contributed by atoms with Gasteiger partial charge in [-0.2, -0.15) is 5.10 Å². The van der Waals surface area contributed by atoms with Crippen LogP contribution in [0, 0.1) is 0 Å². The van der Waals surface area contributed by atoms with E-state index in [1.807, 2.05) is 6.07 Å². The lowest BCUT2D eigenvalue weighted by atomic mass is 10.1. The highest BCUT2D eigenvalue weighted by Crippen LogP contribution is 2.29. The maximum atomic E-state index is 12.6. The van der Waals surface area contributed by atoms with Crippen LogP contribution in [-0.2, 0) is 17.7 Å². The van der Waals surface area contributed by atoms with Crippen molar-refractivity contribution in [2.24, 2.45) is 0 Å². The SMILES string of the molecule is OCCc1cc(CNCCCCOCCOc2nc(-c3cnns3)cc3[nH]ncc23)cc(OC(F)(F)F)c1. The predicted octanol–water partition coefficient (Wildman–Crippen LogP) is 3.88. The van der Waals surface area contributed by atoms with Crippen LogP contribution in [0.2, 0.25) is 0 Å². The van der Waals surface area contributed by atoms with E-state index in [4.69, 9.17) is 14.6 Å². The Hall–Kier alpha value is -3.33. The van der Waals surface area contributed by atoms with Crippen LogP contribution >= 0.6 is 11.5 Å². The van der Waals surface area contributed by atoms with Gasteiger partial charge in [-0.25, -0.2) is 4.98 Å². The van der Waals surface area contributed by atoms with Gasteiger partial charge >= 0.3 is 6.36 Å². The number of benzene rings is 1. The van der Waals surface area contributed by atoms with Crippen LogP contribution in [0.1, 0.15) is 24.0 Å². The minimum Gasteiger partial charge on any atom is -0.475 e. The third kappa shape index (κ3) is 8.34. The van der Waals surface area contributed by atoms with Gasteiger partial charge in [-0.1, -0.05) is 10.6 Å². The molecule has 0 aliphatic carbocycles. The van der Waals surface area contributed by atoms with Crippen molar-refractivity contribution in [2.75, 3.05) is 33.0 Å². The topological polar surface area (TPSA) is 127 Å². The molecule has 0 unspecified atom stereocenters. The second-order valence-corrected chi connectivity index (χ2v) is 9.06. The highest BCUT2D eigenvalue weighted by molar-refractivity contribution is 7.09. The molecule has 204 valence electrons. The Labute approximate surface area is 220 Å². The minimum absolute atomic E-state index is 0.158. The number of halogens is 3. The highest BCUT2D eigenvalue weighted by Gasteiger charge is 2.31. The van der Waals surface area contributed by atoms with E-state index in [0.717, 1.165) is 28.6 Å². The molecule has 0 saturated heterocycles. The molecule has 0 bridgehead atoms. The molecule has 0 fully saturated rings. The van der Waals surface area contributed by atoms with E-state index in [1.165, 1.54) is 23.7 Å². The molecule has 14 heteroatoms. The number of pyridine rings is 1. The first kappa shape index (κ1) is 27.7. The van der Waals surface area contributed by atoms with E-state index in [2.05, 4.69) is 34.8 Å². The summed E-state index contributed by atoms with van der Waals surface area (Å²) in [6, 6.07) is 6.26. The van der Waals surface area contributed by atoms with Crippen molar-refractivity contribution >= 4 is 22.4 Å². The lowest BCUT2D eigenvalue weighted by Gasteiger charge is -2.13. The van der Waals surface area contributed by atoms with Crippen LogP contribution in [-0.4, -0.2) is 69.2 Å². The molecule has 0 radical (unpaired) electrons. The number of aliphatic hydroxyl groups excluding tert-OH is 1. The molecular weight excluding hydrogens is 525 g/mol. The summed E-state index contributed by atoms with van der Waals surface area (Å²) in [6.45, 7) is 2.15. The summed E-state index contributed by atoms with van der Waals surface area (Å²) in [7, 11) is 0. The number of nitrogens with zero attached hydrogens (tertiary/aromatic N) is 4. The maximum absolute atomic E-state index is 12.6. The van der Waals surface area contributed by atoms with Gasteiger partial charge in [0.25, 0.3) is 0 Å². The summed E-state index contributed by atoms with van der Waals surface area (Å²) in [4.78, 5) is 5.38. The standard InChI is InChI=1S/C24H27F3N6O4S/c25-24(26,27)37-18-10-16(3-5-34)9-17(11-18)13-28-4-1-2-6-35-7-8-36-23-19-14-29-32-20(19)12-21(31-23)22-15-30-33-38-22/h9-12,14-15,28,34H,1-8,13H2,(H,29,32). The second kappa shape index (κ2) is 13.5. The number of aliphatic hydroxyl groups is 1. The van der Waals surface area contributed by atoms with Crippen LogP contribution in [0.25, 0.3) is 21.5 Å². The van der Waals surface area contributed by atoms with E-state index in [1.54, 1.807) is 18.5 Å². The molecule has 3 N–H and O–H groups in total. The molecule has 3 aromatic heterocycles.